The smallest absolute Gasteiger partial charge is 0.267 e. The van der Waals surface area contributed by atoms with Gasteiger partial charge in [-0.1, -0.05) is 54.6 Å². The molecule has 0 spiro atoms. The second kappa shape index (κ2) is 9.82. The highest BCUT2D eigenvalue weighted by Crippen LogP contribution is 2.19. The fourth-order valence-electron chi connectivity index (χ4n) is 3.23. The zero-order chi connectivity index (χ0) is 24.1. The molecule has 0 radical (unpaired) electrons. The van der Waals surface area contributed by atoms with E-state index in [-0.39, 0.29) is 5.69 Å². The standard InChI is InChI=1S/C24H21N7O3/c1-16-8-11-21(14-22(16)31(33)34)17(2)25-27-24(32)20-12-9-18(10-13-20)15-30-28-23(26-29-30)19-6-4-3-5-7-19/h3-14H,15H2,1-2H3,(H,27,32)/b25-17+. The summed E-state index contributed by atoms with van der Waals surface area (Å²) in [5.41, 5.74) is 6.28. The maximum Gasteiger partial charge on any atom is 0.272 e. The molecule has 0 saturated carbocycles. The summed E-state index contributed by atoms with van der Waals surface area (Å²) >= 11 is 0. The number of carbonyl (C=O) groups excluding carboxylic acids is 1. The molecule has 1 amide bonds. The highest BCUT2D eigenvalue weighted by molar-refractivity contribution is 6.01. The van der Waals surface area contributed by atoms with Crippen LogP contribution in [0, 0.1) is 17.0 Å². The van der Waals surface area contributed by atoms with Gasteiger partial charge in [-0.15, -0.1) is 10.2 Å². The van der Waals surface area contributed by atoms with Gasteiger partial charge in [-0.3, -0.25) is 14.9 Å². The minimum atomic E-state index is -0.441. The Balaban J connectivity index is 1.39. The predicted molar refractivity (Wildman–Crippen MR) is 126 cm³/mol. The van der Waals surface area contributed by atoms with Crippen molar-refractivity contribution in [1.29, 1.82) is 0 Å². The Kier molecular flexibility index (Phi) is 6.49. The summed E-state index contributed by atoms with van der Waals surface area (Å²) in [6.45, 7) is 3.75. The Morgan fingerprint density at radius 3 is 2.47 bits per heavy atom. The van der Waals surface area contributed by atoms with Gasteiger partial charge in [-0.2, -0.15) is 9.90 Å². The van der Waals surface area contributed by atoms with Crippen LogP contribution in [0.3, 0.4) is 0 Å². The molecule has 3 aromatic carbocycles. The molecule has 10 nitrogen and oxygen atoms in total. The normalized spacial score (nSPS) is 11.3. The fourth-order valence-corrected chi connectivity index (χ4v) is 3.23. The lowest BCUT2D eigenvalue weighted by Crippen LogP contribution is -2.19. The molecule has 0 aliphatic heterocycles. The van der Waals surface area contributed by atoms with Crippen molar-refractivity contribution in [2.45, 2.75) is 20.4 Å². The van der Waals surface area contributed by atoms with Crippen molar-refractivity contribution in [3.8, 4) is 11.4 Å². The SMILES string of the molecule is C/C(=N\NC(=O)c1ccc(Cn2nnc(-c3ccccc3)n2)cc1)c1ccc(C)c([N+](=O)[O-])c1. The van der Waals surface area contributed by atoms with E-state index < -0.39 is 10.8 Å². The van der Waals surface area contributed by atoms with Gasteiger partial charge in [0.2, 0.25) is 5.82 Å². The van der Waals surface area contributed by atoms with Crippen molar-refractivity contribution in [2.24, 2.45) is 5.10 Å². The minimum absolute atomic E-state index is 0.00623. The molecule has 0 fully saturated rings. The van der Waals surface area contributed by atoms with E-state index in [4.69, 9.17) is 0 Å². The minimum Gasteiger partial charge on any atom is -0.267 e. The molecule has 0 aliphatic carbocycles. The van der Waals surface area contributed by atoms with Crippen molar-refractivity contribution < 1.29 is 9.72 Å². The second-order valence-electron chi connectivity index (χ2n) is 7.60. The molecule has 0 saturated heterocycles. The quantitative estimate of drug-likeness (QED) is 0.257. The van der Waals surface area contributed by atoms with Gasteiger partial charge in [0.05, 0.1) is 17.2 Å². The summed E-state index contributed by atoms with van der Waals surface area (Å²) in [5, 5.41) is 27.8. The van der Waals surface area contributed by atoms with Crippen molar-refractivity contribution in [3.63, 3.8) is 0 Å². The van der Waals surface area contributed by atoms with Crippen molar-refractivity contribution >= 4 is 17.3 Å². The number of nitrogens with zero attached hydrogens (tertiary/aromatic N) is 6. The molecule has 1 heterocycles. The van der Waals surface area contributed by atoms with Crippen LogP contribution in [0.2, 0.25) is 0 Å². The van der Waals surface area contributed by atoms with Crippen LogP contribution in [-0.4, -0.2) is 36.7 Å². The number of tetrazole rings is 1. The first-order chi connectivity index (χ1) is 16.4. The van der Waals surface area contributed by atoms with E-state index in [9.17, 15) is 14.9 Å². The van der Waals surface area contributed by atoms with E-state index in [0.29, 0.717) is 34.8 Å². The van der Waals surface area contributed by atoms with Gasteiger partial charge >= 0.3 is 0 Å². The number of benzene rings is 3. The molecular formula is C24H21N7O3. The van der Waals surface area contributed by atoms with Crippen LogP contribution in [-0.2, 0) is 6.54 Å². The van der Waals surface area contributed by atoms with Crippen LogP contribution in [0.15, 0.2) is 77.9 Å². The monoisotopic (exact) mass is 455 g/mol. The van der Waals surface area contributed by atoms with Gasteiger partial charge in [0.15, 0.2) is 0 Å². The third kappa shape index (κ3) is 5.18. The fraction of sp³-hybridized carbons (Fsp3) is 0.125. The van der Waals surface area contributed by atoms with Crippen LogP contribution in [0.4, 0.5) is 5.69 Å². The van der Waals surface area contributed by atoms with Crippen molar-refractivity contribution in [2.75, 3.05) is 0 Å². The lowest BCUT2D eigenvalue weighted by molar-refractivity contribution is -0.385. The highest BCUT2D eigenvalue weighted by Gasteiger charge is 2.13. The van der Waals surface area contributed by atoms with E-state index in [1.54, 1.807) is 50.2 Å². The maximum absolute atomic E-state index is 12.5. The van der Waals surface area contributed by atoms with Gasteiger partial charge in [-0.05, 0) is 36.8 Å². The highest BCUT2D eigenvalue weighted by atomic mass is 16.6. The summed E-state index contributed by atoms with van der Waals surface area (Å²) in [6, 6.07) is 21.4. The van der Waals surface area contributed by atoms with E-state index >= 15 is 0 Å². The Bertz CT molecular complexity index is 1360. The number of amides is 1. The summed E-state index contributed by atoms with van der Waals surface area (Å²) < 4.78 is 0. The van der Waals surface area contributed by atoms with Gasteiger partial charge in [-0.25, -0.2) is 5.43 Å². The number of nitrogens with one attached hydrogen (secondary N) is 1. The molecule has 170 valence electrons. The zero-order valence-electron chi connectivity index (χ0n) is 18.5. The lowest BCUT2D eigenvalue weighted by atomic mass is 10.1. The molecule has 4 rings (SSSR count). The molecule has 34 heavy (non-hydrogen) atoms. The van der Waals surface area contributed by atoms with E-state index in [1.165, 1.54) is 10.9 Å². The second-order valence-corrected chi connectivity index (χ2v) is 7.60. The summed E-state index contributed by atoms with van der Waals surface area (Å²) in [6.07, 6.45) is 0. The summed E-state index contributed by atoms with van der Waals surface area (Å²) in [5.74, 6) is 0.154. The predicted octanol–water partition coefficient (Wildman–Crippen LogP) is 3.76. The summed E-state index contributed by atoms with van der Waals surface area (Å²) in [7, 11) is 0. The number of rotatable bonds is 7. The van der Waals surface area contributed by atoms with Gasteiger partial charge in [0.25, 0.3) is 11.6 Å². The van der Waals surface area contributed by atoms with Crippen LogP contribution in [0.5, 0.6) is 0 Å². The number of aromatic nitrogens is 4. The third-order valence-corrected chi connectivity index (χ3v) is 5.17. The van der Waals surface area contributed by atoms with Crippen LogP contribution in [0.1, 0.15) is 34.0 Å². The Labute approximate surface area is 195 Å². The zero-order valence-corrected chi connectivity index (χ0v) is 18.5. The molecule has 4 aromatic rings. The first-order valence-electron chi connectivity index (χ1n) is 10.4. The number of hydrazone groups is 1. The molecule has 0 aliphatic rings. The van der Waals surface area contributed by atoms with Gasteiger partial charge < -0.3 is 0 Å². The molecule has 10 heteroatoms. The van der Waals surface area contributed by atoms with Crippen molar-refractivity contribution in [1.82, 2.24) is 25.6 Å². The number of hydrogen-bond acceptors (Lipinski definition) is 7. The van der Waals surface area contributed by atoms with Crippen molar-refractivity contribution in [3.05, 3.63) is 105 Å². The average molecular weight is 455 g/mol. The molecule has 0 bridgehead atoms. The Morgan fingerprint density at radius 1 is 1.06 bits per heavy atom. The lowest BCUT2D eigenvalue weighted by Gasteiger charge is -2.05. The van der Waals surface area contributed by atoms with Gasteiger partial charge in [0.1, 0.15) is 0 Å². The first kappa shape index (κ1) is 22.5. The molecule has 0 unspecified atom stereocenters. The molecular weight excluding hydrogens is 434 g/mol. The van der Waals surface area contributed by atoms with Crippen LogP contribution in [0.25, 0.3) is 11.4 Å². The number of nitro groups is 1. The van der Waals surface area contributed by atoms with E-state index in [0.717, 1.165) is 11.1 Å². The topological polar surface area (TPSA) is 128 Å². The summed E-state index contributed by atoms with van der Waals surface area (Å²) in [4.78, 5) is 24.7. The maximum atomic E-state index is 12.5. The molecule has 1 N–H and O–H groups in total. The van der Waals surface area contributed by atoms with E-state index in [2.05, 4.69) is 25.9 Å². The molecule has 1 aromatic heterocycles. The Hall–Kier alpha value is -4.73. The van der Waals surface area contributed by atoms with Gasteiger partial charge in [0, 0.05) is 28.3 Å². The van der Waals surface area contributed by atoms with Crippen LogP contribution < -0.4 is 5.43 Å². The molecule has 0 atom stereocenters. The number of nitro benzene ring substituents is 1. The third-order valence-electron chi connectivity index (χ3n) is 5.17. The van der Waals surface area contributed by atoms with E-state index in [1.807, 2.05) is 30.3 Å². The first-order valence-corrected chi connectivity index (χ1v) is 10.4. The number of carbonyl (C=O) groups is 1. The number of hydrogen-bond donors (Lipinski definition) is 1. The Morgan fingerprint density at radius 2 is 1.76 bits per heavy atom. The van der Waals surface area contributed by atoms with Crippen LogP contribution >= 0.6 is 0 Å². The number of aryl methyl sites for hydroxylation is 1. The average Bonchev–Trinajstić information content (AvgIpc) is 3.32. The largest absolute Gasteiger partial charge is 0.272 e.